The number of carbonyl (C=O) groups excluding carboxylic acids is 2. The molecule has 55 heavy (non-hydrogen) atoms. The molecule has 0 aliphatic heterocycles. The molecule has 0 heterocycles. The number of carbonyl (C=O) groups is 3. The molecule has 318 valence electrons. The van der Waals surface area contributed by atoms with Crippen molar-refractivity contribution in [3.05, 3.63) is 36.5 Å². The maximum Gasteiger partial charge on any atom is 0.472 e. The molecule has 1 aliphatic rings. The Morgan fingerprint density at radius 2 is 1.42 bits per heavy atom. The Morgan fingerprint density at radius 3 is 2.09 bits per heavy atom. The molecule has 1 saturated carbocycles. The van der Waals surface area contributed by atoms with Gasteiger partial charge in [0.15, 0.2) is 6.10 Å². The first-order chi connectivity index (χ1) is 26.3. The number of nitrogens with two attached hydrogens (primary N) is 1. The van der Waals surface area contributed by atoms with Crippen LogP contribution in [-0.4, -0.2) is 93.5 Å². The van der Waals surface area contributed by atoms with Crippen molar-refractivity contribution < 1.29 is 62.8 Å². The van der Waals surface area contributed by atoms with Crippen molar-refractivity contribution in [3.63, 3.8) is 0 Å². The summed E-state index contributed by atoms with van der Waals surface area (Å²) in [7, 11) is -4.79. The number of phosphoric ester groups is 1. The predicted molar refractivity (Wildman–Crippen MR) is 210 cm³/mol. The molecule has 0 radical (unpaired) electrons. The van der Waals surface area contributed by atoms with E-state index in [1.807, 2.05) is 0 Å². The second-order valence-electron chi connectivity index (χ2n) is 14.4. The number of esters is 2. The second kappa shape index (κ2) is 30.7. The molecular formula is C40H70NO13P. The lowest BCUT2D eigenvalue weighted by molar-refractivity contribution is -0.160. The van der Waals surface area contributed by atoms with Crippen LogP contribution < -0.4 is 5.73 Å². The highest BCUT2D eigenvalue weighted by Crippen LogP contribution is 2.43. The van der Waals surface area contributed by atoms with Crippen LogP contribution in [0.5, 0.6) is 0 Å². The Balaban J connectivity index is 2.61. The maximum atomic E-state index is 12.6. The first kappa shape index (κ1) is 50.6. The summed E-state index contributed by atoms with van der Waals surface area (Å²) in [6.45, 7) is 2.31. The fourth-order valence-corrected chi connectivity index (χ4v) is 6.93. The smallest absolute Gasteiger partial charge is 0.472 e. The molecule has 0 amide bonds. The molecule has 0 aromatic rings. The maximum absolute atomic E-state index is 12.6. The number of rotatable bonds is 33. The van der Waals surface area contributed by atoms with Crippen molar-refractivity contribution in [3.8, 4) is 0 Å². The van der Waals surface area contributed by atoms with Crippen molar-refractivity contribution in [2.75, 3.05) is 19.8 Å². The summed E-state index contributed by atoms with van der Waals surface area (Å²) in [6, 6.07) is -1.57. The lowest BCUT2D eigenvalue weighted by Gasteiger charge is -2.20. The van der Waals surface area contributed by atoms with Crippen LogP contribution in [0.4, 0.5) is 0 Å². The third-order valence-electron chi connectivity index (χ3n) is 9.46. The minimum atomic E-state index is -4.79. The number of carboxylic acids is 1. The number of carboxylic acid groups (broad SMARTS) is 1. The SMILES string of the molecule is CCCCCC/C=C\CCCCCCCC(=O)O[C@H](COC(=O)C/C=C\C[C@H]1[C@@H](/C=C/[C@H](O)CCCCC)[C@H](O)C[C@@H]1O)COP(=O)(O)OC[C@H](N)C(=O)O. The number of hydrogen-bond donors (Lipinski definition) is 6. The largest absolute Gasteiger partial charge is 0.480 e. The van der Waals surface area contributed by atoms with Gasteiger partial charge >= 0.3 is 25.7 Å². The first-order valence-electron chi connectivity index (χ1n) is 20.3. The number of ether oxygens (including phenoxy) is 2. The molecule has 0 saturated heterocycles. The fourth-order valence-electron chi connectivity index (χ4n) is 6.15. The molecule has 1 aliphatic carbocycles. The van der Waals surface area contributed by atoms with E-state index in [0.29, 0.717) is 19.3 Å². The Hall–Kier alpha value is -2.42. The van der Waals surface area contributed by atoms with Crippen LogP contribution >= 0.6 is 7.82 Å². The van der Waals surface area contributed by atoms with Crippen LogP contribution in [0.1, 0.15) is 136 Å². The highest BCUT2D eigenvalue weighted by atomic mass is 31.2. The van der Waals surface area contributed by atoms with Crippen LogP contribution in [-0.2, 0) is 37.5 Å². The number of hydrogen-bond acceptors (Lipinski definition) is 12. The van der Waals surface area contributed by atoms with E-state index in [1.165, 1.54) is 25.7 Å². The lowest BCUT2D eigenvalue weighted by atomic mass is 9.89. The van der Waals surface area contributed by atoms with Crippen LogP contribution in [0.15, 0.2) is 36.5 Å². The molecule has 0 aromatic heterocycles. The van der Waals surface area contributed by atoms with Gasteiger partial charge in [-0.3, -0.25) is 23.4 Å². The lowest BCUT2D eigenvalue weighted by Crippen LogP contribution is -2.34. The third kappa shape index (κ3) is 25.5. The summed E-state index contributed by atoms with van der Waals surface area (Å²) >= 11 is 0. The third-order valence-corrected chi connectivity index (χ3v) is 10.4. The topological polar surface area (TPSA) is 232 Å². The first-order valence-corrected chi connectivity index (χ1v) is 21.8. The van der Waals surface area contributed by atoms with Crippen molar-refractivity contribution in [2.45, 2.75) is 166 Å². The average Bonchev–Trinajstić information content (AvgIpc) is 3.41. The van der Waals surface area contributed by atoms with Crippen LogP contribution in [0.25, 0.3) is 0 Å². The quantitative estimate of drug-likeness (QED) is 0.0182. The summed E-state index contributed by atoms with van der Waals surface area (Å²) in [5.41, 5.74) is 5.31. The highest BCUT2D eigenvalue weighted by Gasteiger charge is 2.39. The Kier molecular flexibility index (Phi) is 28.2. The van der Waals surface area contributed by atoms with E-state index >= 15 is 0 Å². The van der Waals surface area contributed by atoms with Gasteiger partial charge in [0.1, 0.15) is 12.6 Å². The Morgan fingerprint density at radius 1 is 0.800 bits per heavy atom. The van der Waals surface area contributed by atoms with E-state index in [0.717, 1.165) is 57.8 Å². The fraction of sp³-hybridized carbons (Fsp3) is 0.775. The number of aliphatic carboxylic acids is 1. The summed E-state index contributed by atoms with van der Waals surface area (Å²) in [6.07, 6.45) is 23.5. The van der Waals surface area contributed by atoms with Crippen LogP contribution in [0.2, 0.25) is 0 Å². The number of unbranched alkanes of at least 4 members (excludes halogenated alkanes) is 11. The predicted octanol–water partition coefficient (Wildman–Crippen LogP) is 6.44. The molecule has 1 rings (SSSR count). The average molecular weight is 804 g/mol. The molecule has 15 heteroatoms. The van der Waals surface area contributed by atoms with E-state index in [2.05, 4.69) is 30.5 Å². The normalized spacial score (nSPS) is 21.6. The standard InChI is InChI=1S/C40H70NO13P/c1-3-5-7-8-9-10-11-12-13-14-15-16-18-24-39(46)54-32(29-52-55(49,50)53-30-35(41)40(47)48)28-51-38(45)23-20-19-22-33-34(37(44)27-36(33)43)26-25-31(42)21-17-6-4-2/h10-11,19-20,25-26,31-37,42-44H,3-9,12-18,21-24,27-30,41H2,1-2H3,(H,47,48)(H,49,50)/b11-10-,20-19-,26-25+/t31-,32-,33+,34-,35+,36+,37-/m1/s1. The van der Waals surface area contributed by atoms with Crippen molar-refractivity contribution in [1.82, 2.24) is 0 Å². The summed E-state index contributed by atoms with van der Waals surface area (Å²) in [5, 5.41) is 40.1. The van der Waals surface area contributed by atoms with Crippen LogP contribution in [0, 0.1) is 11.8 Å². The minimum Gasteiger partial charge on any atom is -0.480 e. The molecule has 0 bridgehead atoms. The zero-order valence-corrected chi connectivity index (χ0v) is 34.0. The molecule has 8 atom stereocenters. The minimum absolute atomic E-state index is 0.0846. The van der Waals surface area contributed by atoms with Gasteiger partial charge in [0.2, 0.25) is 0 Å². The monoisotopic (exact) mass is 803 g/mol. The zero-order chi connectivity index (χ0) is 40.9. The van der Waals surface area contributed by atoms with Gasteiger partial charge in [-0.25, -0.2) is 4.57 Å². The van der Waals surface area contributed by atoms with E-state index in [4.69, 9.17) is 24.8 Å². The second-order valence-corrected chi connectivity index (χ2v) is 15.9. The summed E-state index contributed by atoms with van der Waals surface area (Å²) in [4.78, 5) is 46.1. The van der Waals surface area contributed by atoms with Gasteiger partial charge in [-0.05, 0) is 50.9 Å². The molecule has 7 N–H and O–H groups in total. The van der Waals surface area contributed by atoms with Crippen molar-refractivity contribution in [2.24, 2.45) is 17.6 Å². The van der Waals surface area contributed by atoms with Gasteiger partial charge in [-0.1, -0.05) is 108 Å². The van der Waals surface area contributed by atoms with Crippen molar-refractivity contribution >= 4 is 25.7 Å². The highest BCUT2D eigenvalue weighted by molar-refractivity contribution is 7.47. The van der Waals surface area contributed by atoms with E-state index in [-0.39, 0.29) is 31.1 Å². The Labute approximate surface area is 328 Å². The van der Waals surface area contributed by atoms with E-state index < -0.39 is 76.0 Å². The van der Waals surface area contributed by atoms with Gasteiger partial charge in [-0.15, -0.1) is 0 Å². The molecule has 1 fully saturated rings. The zero-order valence-electron chi connectivity index (χ0n) is 33.1. The molecular weight excluding hydrogens is 733 g/mol. The molecule has 0 spiro atoms. The van der Waals surface area contributed by atoms with Gasteiger partial charge in [0.05, 0.1) is 37.9 Å². The van der Waals surface area contributed by atoms with Gasteiger partial charge in [0.25, 0.3) is 0 Å². The number of aliphatic hydroxyl groups is 3. The van der Waals surface area contributed by atoms with Crippen molar-refractivity contribution in [1.29, 1.82) is 0 Å². The Bertz CT molecular complexity index is 1200. The summed E-state index contributed by atoms with van der Waals surface area (Å²) in [5.74, 6) is -3.40. The van der Waals surface area contributed by atoms with E-state index in [9.17, 15) is 39.2 Å². The number of phosphoric acid groups is 1. The number of allylic oxidation sites excluding steroid dienone is 3. The van der Waals surface area contributed by atoms with Gasteiger partial charge < -0.3 is 40.5 Å². The molecule has 1 unspecified atom stereocenters. The van der Waals surface area contributed by atoms with Crippen LogP contribution in [0.3, 0.4) is 0 Å². The molecule has 14 nitrogen and oxygen atoms in total. The molecule has 0 aromatic carbocycles. The summed E-state index contributed by atoms with van der Waals surface area (Å²) < 4.78 is 32.5. The van der Waals surface area contributed by atoms with Gasteiger partial charge in [0, 0.05) is 18.8 Å². The van der Waals surface area contributed by atoms with Gasteiger partial charge in [-0.2, -0.15) is 0 Å². The number of aliphatic hydroxyl groups excluding tert-OH is 3. The van der Waals surface area contributed by atoms with E-state index in [1.54, 1.807) is 24.3 Å².